The molecule has 9 heteroatoms. The van der Waals surface area contributed by atoms with Crippen LogP contribution in [0.3, 0.4) is 0 Å². The average molecular weight is 463 g/mol. The topological polar surface area (TPSA) is 75.2 Å². The van der Waals surface area contributed by atoms with Gasteiger partial charge >= 0.3 is 0 Å². The highest BCUT2D eigenvalue weighted by Crippen LogP contribution is 2.34. The minimum absolute atomic E-state index is 0.229. The Labute approximate surface area is 169 Å². The summed E-state index contributed by atoms with van der Waals surface area (Å²) in [6.45, 7) is 0. The SMILES string of the molecule is CN(C)c1cccc2c(S(=O)(=O)Nc3ccc4nsnc4c3Br)cccc12. The second kappa shape index (κ2) is 6.74. The Morgan fingerprint density at radius 3 is 2.52 bits per heavy atom. The summed E-state index contributed by atoms with van der Waals surface area (Å²) in [5, 5.41) is 1.55. The molecule has 138 valence electrons. The number of aromatic nitrogens is 2. The van der Waals surface area contributed by atoms with E-state index in [0.717, 1.165) is 28.3 Å². The first-order chi connectivity index (χ1) is 12.9. The van der Waals surface area contributed by atoms with Gasteiger partial charge in [-0.2, -0.15) is 8.75 Å². The Morgan fingerprint density at radius 2 is 1.74 bits per heavy atom. The fourth-order valence-corrected chi connectivity index (χ4v) is 5.60. The van der Waals surface area contributed by atoms with Gasteiger partial charge in [-0.3, -0.25) is 4.72 Å². The van der Waals surface area contributed by atoms with Gasteiger partial charge in [-0.15, -0.1) is 0 Å². The lowest BCUT2D eigenvalue weighted by Crippen LogP contribution is -2.14. The van der Waals surface area contributed by atoms with E-state index in [-0.39, 0.29) is 4.90 Å². The Kier molecular flexibility index (Phi) is 4.53. The highest BCUT2D eigenvalue weighted by Gasteiger charge is 2.21. The molecule has 0 unspecified atom stereocenters. The molecule has 1 N–H and O–H groups in total. The molecule has 0 amide bonds. The molecule has 0 aliphatic rings. The lowest BCUT2D eigenvalue weighted by atomic mass is 10.1. The van der Waals surface area contributed by atoms with Gasteiger partial charge in [0.15, 0.2) is 0 Å². The predicted molar refractivity (Wildman–Crippen MR) is 114 cm³/mol. The molecule has 1 aromatic heterocycles. The van der Waals surface area contributed by atoms with E-state index in [0.29, 0.717) is 21.1 Å². The van der Waals surface area contributed by atoms with Crippen LogP contribution in [0.4, 0.5) is 11.4 Å². The number of nitrogens with one attached hydrogen (secondary N) is 1. The minimum atomic E-state index is -3.80. The van der Waals surface area contributed by atoms with Crippen LogP contribution in [0.2, 0.25) is 0 Å². The molecular weight excluding hydrogens is 448 g/mol. The Balaban J connectivity index is 1.84. The highest BCUT2D eigenvalue weighted by atomic mass is 79.9. The molecule has 0 spiro atoms. The van der Waals surface area contributed by atoms with Crippen molar-refractivity contribution in [3.8, 4) is 0 Å². The summed E-state index contributed by atoms with van der Waals surface area (Å²) in [7, 11) is 0.0660. The van der Waals surface area contributed by atoms with Crippen molar-refractivity contribution >= 4 is 70.9 Å². The molecule has 0 fully saturated rings. The summed E-state index contributed by atoms with van der Waals surface area (Å²) in [4.78, 5) is 2.19. The summed E-state index contributed by atoms with van der Waals surface area (Å²) < 4.78 is 37.9. The third-order valence-electron chi connectivity index (χ3n) is 4.24. The van der Waals surface area contributed by atoms with Gasteiger partial charge in [0.25, 0.3) is 10.0 Å². The van der Waals surface area contributed by atoms with Crippen molar-refractivity contribution < 1.29 is 8.42 Å². The average Bonchev–Trinajstić information content (AvgIpc) is 3.12. The number of hydrogen-bond donors (Lipinski definition) is 1. The van der Waals surface area contributed by atoms with Gasteiger partial charge in [-0.25, -0.2) is 8.42 Å². The van der Waals surface area contributed by atoms with Crippen LogP contribution in [0.1, 0.15) is 0 Å². The molecule has 0 radical (unpaired) electrons. The monoisotopic (exact) mass is 462 g/mol. The van der Waals surface area contributed by atoms with Crippen molar-refractivity contribution in [3.05, 3.63) is 53.0 Å². The number of fused-ring (bicyclic) bond motifs is 2. The first-order valence-corrected chi connectivity index (χ1v) is 11.0. The second-order valence-corrected chi connectivity index (χ2v) is 9.16. The number of sulfonamides is 1. The van der Waals surface area contributed by atoms with E-state index in [1.54, 1.807) is 24.3 Å². The van der Waals surface area contributed by atoms with Crippen LogP contribution in [-0.4, -0.2) is 31.3 Å². The molecule has 4 aromatic rings. The summed E-state index contributed by atoms with van der Waals surface area (Å²) in [5.41, 5.74) is 2.74. The zero-order valence-electron chi connectivity index (χ0n) is 14.5. The van der Waals surface area contributed by atoms with Crippen molar-refractivity contribution in [1.82, 2.24) is 8.75 Å². The summed E-state index contributed by atoms with van der Waals surface area (Å²) in [5.74, 6) is 0. The summed E-state index contributed by atoms with van der Waals surface area (Å²) >= 11 is 4.52. The largest absolute Gasteiger partial charge is 0.377 e. The van der Waals surface area contributed by atoms with Gasteiger partial charge in [0.05, 0.1) is 26.8 Å². The standard InChI is InChI=1S/C18H15BrN4O2S2/c1-23(2)15-7-3-6-12-11(15)5-4-8-16(12)27(24,25)22-13-9-10-14-18(17(13)19)21-26-20-14/h3-10,22H,1-2H3. The zero-order valence-corrected chi connectivity index (χ0v) is 17.7. The van der Waals surface area contributed by atoms with E-state index in [2.05, 4.69) is 29.4 Å². The molecule has 4 rings (SSSR count). The lowest BCUT2D eigenvalue weighted by Gasteiger charge is -2.17. The van der Waals surface area contributed by atoms with E-state index < -0.39 is 10.0 Å². The maximum absolute atomic E-state index is 13.1. The number of halogens is 1. The van der Waals surface area contributed by atoms with E-state index in [9.17, 15) is 8.42 Å². The van der Waals surface area contributed by atoms with Crippen LogP contribution in [-0.2, 0) is 10.0 Å². The van der Waals surface area contributed by atoms with Gasteiger partial charge in [-0.1, -0.05) is 24.3 Å². The van der Waals surface area contributed by atoms with Crippen LogP contribution < -0.4 is 9.62 Å². The van der Waals surface area contributed by atoms with Crippen LogP contribution >= 0.6 is 27.7 Å². The Morgan fingerprint density at radius 1 is 1.00 bits per heavy atom. The highest BCUT2D eigenvalue weighted by molar-refractivity contribution is 9.10. The van der Waals surface area contributed by atoms with E-state index >= 15 is 0 Å². The smallest absolute Gasteiger partial charge is 0.262 e. The summed E-state index contributed by atoms with van der Waals surface area (Å²) in [6, 6.07) is 14.4. The number of rotatable bonds is 4. The van der Waals surface area contributed by atoms with E-state index in [1.807, 2.05) is 43.3 Å². The van der Waals surface area contributed by atoms with Crippen molar-refractivity contribution in [2.24, 2.45) is 0 Å². The van der Waals surface area contributed by atoms with Crippen LogP contribution in [0, 0.1) is 0 Å². The van der Waals surface area contributed by atoms with Crippen molar-refractivity contribution in [3.63, 3.8) is 0 Å². The number of hydrogen-bond acceptors (Lipinski definition) is 6. The molecule has 0 bridgehead atoms. The minimum Gasteiger partial charge on any atom is -0.377 e. The van der Waals surface area contributed by atoms with Gasteiger partial charge < -0.3 is 4.90 Å². The molecule has 0 aliphatic carbocycles. The molecule has 0 atom stereocenters. The molecule has 27 heavy (non-hydrogen) atoms. The summed E-state index contributed by atoms with van der Waals surface area (Å²) in [6.07, 6.45) is 0. The van der Waals surface area contributed by atoms with Crippen molar-refractivity contribution in [2.45, 2.75) is 4.90 Å². The quantitative estimate of drug-likeness (QED) is 0.483. The van der Waals surface area contributed by atoms with Crippen LogP contribution in [0.5, 0.6) is 0 Å². The third kappa shape index (κ3) is 3.15. The molecular formula is C18H15BrN4O2S2. The molecule has 0 saturated heterocycles. The van der Waals surface area contributed by atoms with Crippen molar-refractivity contribution in [2.75, 3.05) is 23.7 Å². The maximum atomic E-state index is 13.1. The molecule has 1 heterocycles. The fraction of sp³-hybridized carbons (Fsp3) is 0.111. The predicted octanol–water partition coefficient (Wildman–Crippen LogP) is 4.47. The molecule has 6 nitrogen and oxygen atoms in total. The fourth-order valence-electron chi connectivity index (χ4n) is 2.99. The van der Waals surface area contributed by atoms with E-state index in [1.165, 1.54) is 0 Å². The van der Waals surface area contributed by atoms with Crippen LogP contribution in [0.25, 0.3) is 21.8 Å². The zero-order chi connectivity index (χ0) is 19.2. The van der Waals surface area contributed by atoms with Crippen molar-refractivity contribution in [1.29, 1.82) is 0 Å². The normalized spacial score (nSPS) is 11.8. The number of nitrogens with zero attached hydrogens (tertiary/aromatic N) is 3. The molecule has 0 aliphatic heterocycles. The Hall–Kier alpha value is -2.23. The van der Waals surface area contributed by atoms with Crippen LogP contribution in [0.15, 0.2) is 57.9 Å². The second-order valence-electron chi connectivity index (χ2n) is 6.19. The Bertz CT molecular complexity index is 1270. The number of anilines is 2. The van der Waals surface area contributed by atoms with E-state index in [4.69, 9.17) is 0 Å². The first-order valence-electron chi connectivity index (χ1n) is 8.01. The third-order valence-corrected chi connectivity index (χ3v) is 7.01. The van der Waals surface area contributed by atoms with Gasteiger partial charge in [0, 0.05) is 30.6 Å². The van der Waals surface area contributed by atoms with Gasteiger partial charge in [-0.05, 0) is 40.2 Å². The maximum Gasteiger partial charge on any atom is 0.262 e. The van der Waals surface area contributed by atoms with Gasteiger partial charge in [0.2, 0.25) is 0 Å². The molecule has 3 aromatic carbocycles. The molecule has 0 saturated carbocycles. The lowest BCUT2D eigenvalue weighted by molar-refractivity contribution is 0.602. The number of benzene rings is 3. The first kappa shape index (κ1) is 18.1. The van der Waals surface area contributed by atoms with Gasteiger partial charge in [0.1, 0.15) is 11.0 Å².